The van der Waals surface area contributed by atoms with Crippen LogP contribution in [0.2, 0.25) is 0 Å². The van der Waals surface area contributed by atoms with Crippen molar-refractivity contribution in [3.63, 3.8) is 0 Å². The number of carbonyl (C=O) groups is 1. The first kappa shape index (κ1) is 19.6. The summed E-state index contributed by atoms with van der Waals surface area (Å²) in [5.74, 6) is 0.150. The Kier molecular flexibility index (Phi) is 5.91. The maximum Gasteiger partial charge on any atom is 0.229 e. The summed E-state index contributed by atoms with van der Waals surface area (Å²) < 4.78 is 9.97. The van der Waals surface area contributed by atoms with Crippen LogP contribution in [0.4, 0.5) is 0 Å². The Hall–Kier alpha value is -2.72. The van der Waals surface area contributed by atoms with Crippen molar-refractivity contribution < 1.29 is 14.1 Å². The number of carbonyl (C=O) groups excluding carboxylic acids is 1. The van der Waals surface area contributed by atoms with Gasteiger partial charge in [-0.2, -0.15) is 4.57 Å². The average molecular weight is 390 g/mol. The van der Waals surface area contributed by atoms with E-state index < -0.39 is 0 Å². The molecule has 2 aromatic heterocycles. The van der Waals surface area contributed by atoms with E-state index in [1.54, 1.807) is 0 Å². The summed E-state index contributed by atoms with van der Waals surface area (Å²) >= 11 is 0. The molecule has 150 valence electrons. The predicted molar refractivity (Wildman–Crippen MR) is 113 cm³/mol. The lowest BCUT2D eigenvalue weighted by molar-refractivity contribution is -0.683. The summed E-state index contributed by atoms with van der Waals surface area (Å²) in [6.45, 7) is 6.17. The highest BCUT2D eigenvalue weighted by molar-refractivity contribution is 5.96. The molecule has 4 nitrogen and oxygen atoms in total. The third kappa shape index (κ3) is 4.65. The molecule has 1 aromatic carbocycles. The smallest absolute Gasteiger partial charge is 0.229 e. The van der Waals surface area contributed by atoms with Crippen LogP contribution in [0.5, 0.6) is 0 Å². The van der Waals surface area contributed by atoms with E-state index in [-0.39, 0.29) is 11.9 Å². The van der Waals surface area contributed by atoms with E-state index in [1.807, 2.05) is 36.0 Å². The minimum Gasteiger partial charge on any atom is -0.376 e. The van der Waals surface area contributed by atoms with Crippen molar-refractivity contribution >= 4 is 5.78 Å². The molecule has 0 saturated carbocycles. The van der Waals surface area contributed by atoms with E-state index in [9.17, 15) is 4.79 Å². The molecule has 1 fully saturated rings. The lowest BCUT2D eigenvalue weighted by atomic mass is 10.1. The Morgan fingerprint density at radius 2 is 1.83 bits per heavy atom. The van der Waals surface area contributed by atoms with E-state index in [0.717, 1.165) is 49.4 Å². The third-order valence-corrected chi connectivity index (χ3v) is 5.82. The van der Waals surface area contributed by atoms with Gasteiger partial charge in [0.15, 0.2) is 12.4 Å². The number of ether oxygens (including phenoxy) is 1. The molecule has 0 spiro atoms. The van der Waals surface area contributed by atoms with Crippen LogP contribution in [-0.2, 0) is 24.2 Å². The average Bonchev–Trinajstić information content (AvgIpc) is 3.34. The molecule has 0 unspecified atom stereocenters. The van der Waals surface area contributed by atoms with E-state index in [0.29, 0.717) is 6.54 Å². The molecule has 1 atom stereocenters. The molecule has 1 saturated heterocycles. The molecule has 3 heterocycles. The van der Waals surface area contributed by atoms with Crippen LogP contribution in [0, 0.1) is 13.8 Å². The monoisotopic (exact) mass is 389 g/mol. The minimum atomic E-state index is 0.150. The molecular weight excluding hydrogens is 360 g/mol. The van der Waals surface area contributed by atoms with Gasteiger partial charge in [-0.25, -0.2) is 0 Å². The highest BCUT2D eigenvalue weighted by atomic mass is 16.5. The Labute approximate surface area is 172 Å². The van der Waals surface area contributed by atoms with Crippen molar-refractivity contribution in [3.05, 3.63) is 89.0 Å². The van der Waals surface area contributed by atoms with Crippen LogP contribution >= 0.6 is 0 Å². The number of hydrogen-bond donors (Lipinski definition) is 0. The van der Waals surface area contributed by atoms with Gasteiger partial charge < -0.3 is 9.30 Å². The molecule has 0 amide bonds. The zero-order valence-electron chi connectivity index (χ0n) is 17.3. The fourth-order valence-corrected chi connectivity index (χ4v) is 4.15. The maximum absolute atomic E-state index is 12.9. The van der Waals surface area contributed by atoms with Crippen molar-refractivity contribution in [1.29, 1.82) is 0 Å². The van der Waals surface area contributed by atoms with Gasteiger partial charge in [0.1, 0.15) is 0 Å². The van der Waals surface area contributed by atoms with Crippen molar-refractivity contribution in [2.75, 3.05) is 6.61 Å². The number of pyridine rings is 1. The second-order valence-electron chi connectivity index (χ2n) is 7.99. The summed E-state index contributed by atoms with van der Waals surface area (Å²) in [5, 5.41) is 0. The largest absolute Gasteiger partial charge is 0.376 e. The maximum atomic E-state index is 12.9. The number of aromatic nitrogens is 2. The molecule has 29 heavy (non-hydrogen) atoms. The van der Waals surface area contributed by atoms with Crippen LogP contribution in [0.1, 0.15) is 45.7 Å². The van der Waals surface area contributed by atoms with Crippen molar-refractivity contribution in [2.45, 2.75) is 52.3 Å². The molecule has 1 aliphatic heterocycles. The normalized spacial score (nSPS) is 16.3. The fourth-order valence-electron chi connectivity index (χ4n) is 4.15. The van der Waals surface area contributed by atoms with Crippen LogP contribution < -0.4 is 4.57 Å². The number of aryl methyl sites for hydroxylation is 1. The number of ketones is 1. The van der Waals surface area contributed by atoms with Gasteiger partial charge in [0.25, 0.3) is 0 Å². The summed E-state index contributed by atoms with van der Waals surface area (Å²) in [6, 6.07) is 16.7. The van der Waals surface area contributed by atoms with Gasteiger partial charge in [-0.1, -0.05) is 30.3 Å². The SMILES string of the molecule is Cc1cc(C(=O)C[n+]2ccc(Cc3ccccc3)cc2)c(C)n1C[C@@H]1CCCO1. The van der Waals surface area contributed by atoms with Gasteiger partial charge in [-0.15, -0.1) is 0 Å². The van der Waals surface area contributed by atoms with Crippen molar-refractivity contribution in [2.24, 2.45) is 0 Å². The molecule has 0 N–H and O–H groups in total. The van der Waals surface area contributed by atoms with Crippen molar-refractivity contribution in [1.82, 2.24) is 4.57 Å². The number of benzene rings is 1. The number of Topliss-reactive ketones (excluding diaryl/α,β-unsaturated/α-hetero) is 1. The summed E-state index contributed by atoms with van der Waals surface area (Å²) in [4.78, 5) is 12.9. The van der Waals surface area contributed by atoms with Crippen LogP contribution in [0.15, 0.2) is 60.9 Å². The fraction of sp³-hybridized carbons (Fsp3) is 0.360. The van der Waals surface area contributed by atoms with Gasteiger partial charge >= 0.3 is 0 Å². The zero-order valence-corrected chi connectivity index (χ0v) is 17.3. The topological polar surface area (TPSA) is 35.1 Å². The van der Waals surface area contributed by atoms with Gasteiger partial charge in [-0.05, 0) is 50.3 Å². The number of rotatable bonds is 7. The molecule has 3 aromatic rings. The zero-order chi connectivity index (χ0) is 20.2. The van der Waals surface area contributed by atoms with Gasteiger partial charge in [0, 0.05) is 42.2 Å². The standard InChI is InChI=1S/C25H29N2O2/c1-19-15-24(20(2)27(19)17-23-9-6-14-29-23)25(28)18-26-12-10-22(11-13-26)16-21-7-4-3-5-8-21/h3-5,7-8,10-13,15,23H,6,9,14,16-18H2,1-2H3/q+1/t23-/m0/s1. The van der Waals surface area contributed by atoms with Gasteiger partial charge in [0.05, 0.1) is 6.10 Å². The van der Waals surface area contributed by atoms with Gasteiger partial charge in [0.2, 0.25) is 12.3 Å². The lowest BCUT2D eigenvalue weighted by Crippen LogP contribution is -2.37. The Morgan fingerprint density at radius 1 is 1.10 bits per heavy atom. The Morgan fingerprint density at radius 3 is 2.52 bits per heavy atom. The highest BCUT2D eigenvalue weighted by Crippen LogP contribution is 2.20. The first-order valence-corrected chi connectivity index (χ1v) is 10.4. The Balaban J connectivity index is 1.42. The van der Waals surface area contributed by atoms with Crippen LogP contribution in [0.3, 0.4) is 0 Å². The third-order valence-electron chi connectivity index (χ3n) is 5.82. The lowest BCUT2D eigenvalue weighted by Gasteiger charge is -2.14. The molecule has 4 heteroatoms. The highest BCUT2D eigenvalue weighted by Gasteiger charge is 2.22. The second-order valence-corrected chi connectivity index (χ2v) is 7.99. The van der Waals surface area contributed by atoms with Crippen LogP contribution in [0.25, 0.3) is 0 Å². The summed E-state index contributed by atoms with van der Waals surface area (Å²) in [7, 11) is 0. The predicted octanol–water partition coefficient (Wildman–Crippen LogP) is 4.05. The minimum absolute atomic E-state index is 0.150. The first-order valence-electron chi connectivity index (χ1n) is 10.4. The van der Waals surface area contributed by atoms with E-state index in [4.69, 9.17) is 4.74 Å². The second kappa shape index (κ2) is 8.75. The summed E-state index contributed by atoms with van der Waals surface area (Å²) in [5.41, 5.74) is 5.53. The molecule has 1 aliphatic rings. The van der Waals surface area contributed by atoms with E-state index >= 15 is 0 Å². The molecule has 4 rings (SSSR count). The first-order chi connectivity index (χ1) is 14.1. The number of nitrogens with zero attached hydrogens (tertiary/aromatic N) is 2. The number of hydrogen-bond acceptors (Lipinski definition) is 2. The Bertz CT molecular complexity index is 968. The van der Waals surface area contributed by atoms with Crippen molar-refractivity contribution in [3.8, 4) is 0 Å². The van der Waals surface area contributed by atoms with Gasteiger partial charge in [-0.3, -0.25) is 4.79 Å². The molecule has 0 bridgehead atoms. The van der Waals surface area contributed by atoms with E-state index in [1.165, 1.54) is 11.1 Å². The molecule has 0 radical (unpaired) electrons. The van der Waals surface area contributed by atoms with Crippen LogP contribution in [-0.4, -0.2) is 23.1 Å². The van der Waals surface area contributed by atoms with E-state index in [2.05, 4.69) is 47.9 Å². The quantitative estimate of drug-likeness (QED) is 0.451. The summed E-state index contributed by atoms with van der Waals surface area (Å²) in [6.07, 6.45) is 7.41. The molecular formula is C25H29N2O2+. The molecule has 0 aliphatic carbocycles.